The quantitative estimate of drug-likeness (QED) is 0.335. The highest BCUT2D eigenvalue weighted by atomic mass is 127. The van der Waals surface area contributed by atoms with Gasteiger partial charge in [-0.25, -0.2) is 0 Å². The number of anilines is 1. The lowest BCUT2D eigenvalue weighted by Crippen LogP contribution is -2.23. The Hall–Kier alpha value is -1.67. The summed E-state index contributed by atoms with van der Waals surface area (Å²) < 4.78 is 10.7. The topological polar surface area (TPSA) is 68.9 Å². The molecule has 2 rings (SSSR count). The van der Waals surface area contributed by atoms with Crippen LogP contribution >= 0.6 is 35.6 Å². The highest BCUT2D eigenvalue weighted by Gasteiger charge is 2.03. The van der Waals surface area contributed by atoms with Crippen molar-refractivity contribution in [2.24, 2.45) is 10.7 Å². The van der Waals surface area contributed by atoms with Gasteiger partial charge in [0.2, 0.25) is 0 Å². The maximum absolute atomic E-state index is 6.09. The van der Waals surface area contributed by atoms with Crippen LogP contribution in [0.2, 0.25) is 5.02 Å². The van der Waals surface area contributed by atoms with E-state index in [2.05, 4.69) is 10.3 Å². The van der Waals surface area contributed by atoms with E-state index < -0.39 is 0 Å². The number of halogens is 2. The Bertz CT molecular complexity index is 721. The minimum atomic E-state index is 0. The summed E-state index contributed by atoms with van der Waals surface area (Å²) in [6.45, 7) is 4.61. The summed E-state index contributed by atoms with van der Waals surface area (Å²) in [7, 11) is 1.58. The first-order chi connectivity index (χ1) is 12.0. The van der Waals surface area contributed by atoms with Crippen molar-refractivity contribution in [1.82, 2.24) is 0 Å². The maximum Gasteiger partial charge on any atom is 0.193 e. The van der Waals surface area contributed by atoms with Crippen LogP contribution in [0.25, 0.3) is 0 Å². The number of ether oxygens (including phenoxy) is 2. The Balaban J connectivity index is 0.00000338. The Kier molecular flexibility index (Phi) is 9.58. The Morgan fingerprint density at radius 3 is 2.46 bits per heavy atom. The fourth-order valence-electron chi connectivity index (χ4n) is 2.24. The van der Waals surface area contributed by atoms with Gasteiger partial charge in [0.25, 0.3) is 0 Å². The van der Waals surface area contributed by atoms with Crippen LogP contribution in [0.3, 0.4) is 0 Å². The summed E-state index contributed by atoms with van der Waals surface area (Å²) >= 11 is 6.09. The molecule has 2 aromatic carbocycles. The molecule has 0 aliphatic rings. The SMILES string of the molecule is COc1ccc(NC(N)=NCCc2ccc(OC(C)C)cc2)cc1Cl.I. The molecule has 26 heavy (non-hydrogen) atoms. The molecular formula is C19H25ClIN3O2. The van der Waals surface area contributed by atoms with Crippen molar-refractivity contribution in [3.63, 3.8) is 0 Å². The lowest BCUT2D eigenvalue weighted by atomic mass is 10.1. The van der Waals surface area contributed by atoms with E-state index in [1.165, 1.54) is 5.56 Å². The third kappa shape index (κ3) is 7.29. The van der Waals surface area contributed by atoms with Gasteiger partial charge in [-0.2, -0.15) is 0 Å². The predicted octanol–water partition coefficient (Wildman–Crippen LogP) is 4.72. The lowest BCUT2D eigenvalue weighted by Gasteiger charge is -2.10. The van der Waals surface area contributed by atoms with Gasteiger partial charge < -0.3 is 20.5 Å². The second kappa shape index (κ2) is 11.1. The smallest absolute Gasteiger partial charge is 0.193 e. The summed E-state index contributed by atoms with van der Waals surface area (Å²) in [6, 6.07) is 13.4. The number of guanidine groups is 1. The molecule has 0 aliphatic heterocycles. The molecule has 3 N–H and O–H groups in total. The van der Waals surface area contributed by atoms with Crippen LogP contribution in [0.15, 0.2) is 47.5 Å². The molecule has 0 atom stereocenters. The summed E-state index contributed by atoms with van der Waals surface area (Å²) in [5.74, 6) is 1.84. The molecule has 0 bridgehead atoms. The molecule has 0 heterocycles. The number of aliphatic imine (C=N–C) groups is 1. The van der Waals surface area contributed by atoms with Crippen molar-refractivity contribution >= 4 is 47.2 Å². The number of methoxy groups -OCH3 is 1. The summed E-state index contributed by atoms with van der Waals surface area (Å²) in [6.07, 6.45) is 0.973. The molecule has 7 heteroatoms. The first-order valence-corrected chi connectivity index (χ1v) is 8.52. The van der Waals surface area contributed by atoms with Gasteiger partial charge >= 0.3 is 0 Å². The first-order valence-electron chi connectivity index (χ1n) is 8.14. The van der Waals surface area contributed by atoms with Crippen LogP contribution in [-0.4, -0.2) is 25.7 Å². The number of rotatable bonds is 7. The number of nitrogens with zero attached hydrogens (tertiary/aromatic N) is 1. The summed E-state index contributed by atoms with van der Waals surface area (Å²) in [5.41, 5.74) is 7.86. The molecule has 142 valence electrons. The van der Waals surface area contributed by atoms with Gasteiger partial charge in [-0.15, -0.1) is 24.0 Å². The van der Waals surface area contributed by atoms with Crippen molar-refractivity contribution in [1.29, 1.82) is 0 Å². The monoisotopic (exact) mass is 489 g/mol. The van der Waals surface area contributed by atoms with E-state index >= 15 is 0 Å². The maximum atomic E-state index is 6.09. The zero-order valence-electron chi connectivity index (χ0n) is 15.2. The summed E-state index contributed by atoms with van der Waals surface area (Å²) in [5, 5.41) is 3.54. The van der Waals surface area contributed by atoms with E-state index in [4.69, 9.17) is 26.8 Å². The number of benzene rings is 2. The van der Waals surface area contributed by atoms with Crippen LogP contribution in [0.1, 0.15) is 19.4 Å². The number of hydrogen-bond donors (Lipinski definition) is 2. The molecule has 0 aliphatic carbocycles. The molecule has 0 spiro atoms. The first kappa shape index (κ1) is 22.4. The second-order valence-corrected chi connectivity index (χ2v) is 6.21. The molecule has 0 unspecified atom stereocenters. The van der Waals surface area contributed by atoms with E-state index in [1.54, 1.807) is 19.2 Å². The molecule has 0 saturated heterocycles. The van der Waals surface area contributed by atoms with Crippen LogP contribution < -0.4 is 20.5 Å². The molecule has 0 fully saturated rings. The zero-order chi connectivity index (χ0) is 18.2. The van der Waals surface area contributed by atoms with Crippen LogP contribution in [0.5, 0.6) is 11.5 Å². The van der Waals surface area contributed by atoms with Crippen molar-refractivity contribution < 1.29 is 9.47 Å². The van der Waals surface area contributed by atoms with E-state index in [-0.39, 0.29) is 30.1 Å². The Morgan fingerprint density at radius 1 is 1.19 bits per heavy atom. The number of nitrogens with two attached hydrogens (primary N) is 1. The van der Waals surface area contributed by atoms with Crippen molar-refractivity contribution in [3.8, 4) is 11.5 Å². The fourth-order valence-corrected chi connectivity index (χ4v) is 2.50. The highest BCUT2D eigenvalue weighted by Crippen LogP contribution is 2.27. The molecular weight excluding hydrogens is 465 g/mol. The third-order valence-corrected chi connectivity index (χ3v) is 3.70. The fraction of sp³-hybridized carbons (Fsp3) is 0.316. The van der Waals surface area contributed by atoms with E-state index in [0.717, 1.165) is 17.9 Å². The predicted molar refractivity (Wildman–Crippen MR) is 119 cm³/mol. The van der Waals surface area contributed by atoms with Crippen LogP contribution in [-0.2, 0) is 6.42 Å². The average Bonchev–Trinajstić information content (AvgIpc) is 2.56. The number of hydrogen-bond acceptors (Lipinski definition) is 3. The van der Waals surface area contributed by atoms with Crippen LogP contribution in [0, 0.1) is 0 Å². The van der Waals surface area contributed by atoms with Gasteiger partial charge in [0.1, 0.15) is 11.5 Å². The molecule has 0 amide bonds. The minimum Gasteiger partial charge on any atom is -0.495 e. The van der Waals surface area contributed by atoms with E-state index in [1.807, 2.05) is 44.2 Å². The Labute approximate surface area is 177 Å². The lowest BCUT2D eigenvalue weighted by molar-refractivity contribution is 0.242. The zero-order valence-corrected chi connectivity index (χ0v) is 18.2. The third-order valence-electron chi connectivity index (χ3n) is 3.40. The minimum absolute atomic E-state index is 0. The largest absolute Gasteiger partial charge is 0.495 e. The van der Waals surface area contributed by atoms with Gasteiger partial charge in [0.15, 0.2) is 5.96 Å². The van der Waals surface area contributed by atoms with Crippen molar-refractivity contribution in [2.75, 3.05) is 19.0 Å². The highest BCUT2D eigenvalue weighted by molar-refractivity contribution is 14.0. The number of nitrogens with one attached hydrogen (secondary N) is 1. The van der Waals surface area contributed by atoms with E-state index in [0.29, 0.717) is 23.3 Å². The molecule has 2 aromatic rings. The van der Waals surface area contributed by atoms with Gasteiger partial charge in [0, 0.05) is 12.2 Å². The standard InChI is InChI=1S/C19H24ClN3O2.HI/c1-13(2)25-16-7-4-14(5-8-16)10-11-22-19(21)23-15-6-9-18(24-3)17(20)12-15;/h4-9,12-13H,10-11H2,1-3H3,(H3,21,22,23);1H. The average molecular weight is 490 g/mol. The summed E-state index contributed by atoms with van der Waals surface area (Å²) in [4.78, 5) is 4.34. The molecule has 0 saturated carbocycles. The van der Waals surface area contributed by atoms with E-state index in [9.17, 15) is 0 Å². The molecule has 0 aromatic heterocycles. The molecule has 0 radical (unpaired) electrons. The second-order valence-electron chi connectivity index (χ2n) is 5.80. The van der Waals surface area contributed by atoms with Crippen molar-refractivity contribution in [2.45, 2.75) is 26.4 Å². The van der Waals surface area contributed by atoms with Gasteiger partial charge in [-0.1, -0.05) is 23.7 Å². The van der Waals surface area contributed by atoms with Gasteiger partial charge in [-0.3, -0.25) is 4.99 Å². The van der Waals surface area contributed by atoms with Crippen molar-refractivity contribution in [3.05, 3.63) is 53.1 Å². The van der Waals surface area contributed by atoms with Crippen LogP contribution in [0.4, 0.5) is 5.69 Å². The van der Waals surface area contributed by atoms with Gasteiger partial charge in [-0.05, 0) is 56.2 Å². The Morgan fingerprint density at radius 2 is 1.88 bits per heavy atom. The van der Waals surface area contributed by atoms with Gasteiger partial charge in [0.05, 0.1) is 18.2 Å². The normalized spacial score (nSPS) is 11.0. The molecule has 5 nitrogen and oxygen atoms in total.